The molecule has 1 heterocycles. The lowest BCUT2D eigenvalue weighted by atomic mass is 10.2. The van der Waals surface area contributed by atoms with Gasteiger partial charge in [0.2, 0.25) is 10.0 Å². The molecule has 2 aromatic carbocycles. The van der Waals surface area contributed by atoms with Crippen LogP contribution in [-0.4, -0.2) is 48.1 Å². The second-order valence-electron chi connectivity index (χ2n) is 7.03. The Kier molecular flexibility index (Phi) is 7.32. The van der Waals surface area contributed by atoms with Crippen LogP contribution in [0.1, 0.15) is 36.8 Å². The van der Waals surface area contributed by atoms with E-state index in [0.717, 1.165) is 5.69 Å². The van der Waals surface area contributed by atoms with Crippen molar-refractivity contribution in [1.82, 2.24) is 14.1 Å². The lowest BCUT2D eigenvalue weighted by Gasteiger charge is -2.20. The average molecular weight is 457 g/mol. The normalized spacial score (nSPS) is 11.5. The molecule has 170 valence electrons. The molecule has 3 aromatic rings. The molecular formula is C23H28N4O4S. The van der Waals surface area contributed by atoms with Crippen molar-refractivity contribution in [2.75, 3.05) is 25.0 Å². The first-order chi connectivity index (χ1) is 15.3. The molecular weight excluding hydrogens is 428 g/mol. The first-order valence-electron chi connectivity index (χ1n) is 10.5. The van der Waals surface area contributed by atoms with Gasteiger partial charge in [-0.15, -0.1) is 0 Å². The molecule has 0 bridgehead atoms. The molecule has 1 N–H and O–H groups in total. The highest BCUT2D eigenvalue weighted by Gasteiger charge is 2.24. The Hall–Kier alpha value is -3.17. The third-order valence-corrected chi connectivity index (χ3v) is 7.14. The molecule has 0 aliphatic carbocycles. The van der Waals surface area contributed by atoms with E-state index < -0.39 is 15.9 Å². The summed E-state index contributed by atoms with van der Waals surface area (Å²) < 4.78 is 34.5. The highest BCUT2D eigenvalue weighted by Crippen LogP contribution is 2.30. The zero-order chi connectivity index (χ0) is 23.3. The summed E-state index contributed by atoms with van der Waals surface area (Å²) in [5.74, 6) is -0.00419. The van der Waals surface area contributed by atoms with Crippen molar-refractivity contribution < 1.29 is 17.9 Å². The maximum atomic E-state index is 13.1. The highest BCUT2D eigenvalue weighted by molar-refractivity contribution is 7.89. The van der Waals surface area contributed by atoms with E-state index in [9.17, 15) is 13.2 Å². The average Bonchev–Trinajstić information content (AvgIpc) is 3.17. The van der Waals surface area contributed by atoms with Crippen LogP contribution in [0.5, 0.6) is 5.75 Å². The third-order valence-electron chi connectivity index (χ3n) is 5.10. The van der Waals surface area contributed by atoms with Gasteiger partial charge in [0.25, 0.3) is 5.91 Å². The number of carbonyl (C=O) groups excluding carboxylic acids is 1. The van der Waals surface area contributed by atoms with Crippen molar-refractivity contribution in [3.8, 4) is 11.4 Å². The summed E-state index contributed by atoms with van der Waals surface area (Å²) in [7, 11) is -3.69. The molecule has 32 heavy (non-hydrogen) atoms. The lowest BCUT2D eigenvalue weighted by Crippen LogP contribution is -2.30. The molecule has 0 saturated heterocycles. The van der Waals surface area contributed by atoms with Crippen LogP contribution >= 0.6 is 0 Å². The topological polar surface area (TPSA) is 93.5 Å². The number of anilines is 1. The first-order valence-corrected chi connectivity index (χ1v) is 12.0. The third kappa shape index (κ3) is 4.68. The minimum Gasteiger partial charge on any atom is -0.492 e. The van der Waals surface area contributed by atoms with Crippen molar-refractivity contribution in [3.05, 3.63) is 66.0 Å². The highest BCUT2D eigenvalue weighted by atomic mass is 32.2. The van der Waals surface area contributed by atoms with Gasteiger partial charge in [0.1, 0.15) is 5.75 Å². The summed E-state index contributed by atoms with van der Waals surface area (Å²) in [4.78, 5) is 13.2. The second-order valence-corrected chi connectivity index (χ2v) is 8.96. The number of sulfonamides is 1. The SMILES string of the molecule is CCOc1ccc(S(=O)(=O)N(CC)CC)cc1NC(=O)c1cnn(-c2ccccc2)c1C. The Labute approximate surface area is 188 Å². The van der Waals surface area contributed by atoms with Crippen LogP contribution in [0.2, 0.25) is 0 Å². The molecule has 0 atom stereocenters. The van der Waals surface area contributed by atoms with Gasteiger partial charge in [0, 0.05) is 13.1 Å². The second kappa shape index (κ2) is 9.97. The predicted octanol–water partition coefficient (Wildman–Crippen LogP) is 3.86. The molecule has 1 aromatic heterocycles. The standard InChI is InChI=1S/C23H28N4O4S/c1-5-26(6-2)32(29,30)19-13-14-22(31-7-3)21(15-19)25-23(28)20-16-24-27(17(20)4)18-11-9-8-10-12-18/h8-16H,5-7H2,1-4H3,(H,25,28). The molecule has 0 spiro atoms. The molecule has 0 saturated carbocycles. The molecule has 1 amide bonds. The van der Waals surface area contributed by atoms with E-state index in [2.05, 4.69) is 10.4 Å². The van der Waals surface area contributed by atoms with Crippen LogP contribution in [0.4, 0.5) is 5.69 Å². The molecule has 3 rings (SSSR count). The fraction of sp³-hybridized carbons (Fsp3) is 0.304. The van der Waals surface area contributed by atoms with Gasteiger partial charge in [0.05, 0.1) is 40.3 Å². The number of carbonyl (C=O) groups is 1. The number of hydrogen-bond acceptors (Lipinski definition) is 5. The van der Waals surface area contributed by atoms with Crippen LogP contribution in [0.25, 0.3) is 5.69 Å². The van der Waals surface area contributed by atoms with Gasteiger partial charge < -0.3 is 10.1 Å². The maximum absolute atomic E-state index is 13.1. The smallest absolute Gasteiger partial charge is 0.259 e. The Morgan fingerprint density at radius 3 is 2.41 bits per heavy atom. The molecule has 0 fully saturated rings. The molecule has 0 aliphatic rings. The molecule has 0 aliphatic heterocycles. The fourth-order valence-electron chi connectivity index (χ4n) is 3.41. The van der Waals surface area contributed by atoms with Crippen molar-refractivity contribution in [3.63, 3.8) is 0 Å². The number of rotatable bonds is 9. The zero-order valence-electron chi connectivity index (χ0n) is 18.7. The Balaban J connectivity index is 1.96. The molecule has 0 radical (unpaired) electrons. The number of ether oxygens (including phenoxy) is 1. The Bertz CT molecular complexity index is 1190. The van der Waals surface area contributed by atoms with Crippen molar-refractivity contribution in [2.45, 2.75) is 32.6 Å². The molecule has 9 heteroatoms. The minimum atomic E-state index is -3.69. The Morgan fingerprint density at radius 2 is 1.78 bits per heavy atom. The number of amides is 1. The number of aromatic nitrogens is 2. The summed E-state index contributed by atoms with van der Waals surface area (Å²) in [6.07, 6.45) is 1.49. The van der Waals surface area contributed by atoms with E-state index in [1.54, 1.807) is 31.5 Å². The predicted molar refractivity (Wildman–Crippen MR) is 124 cm³/mol. The zero-order valence-corrected chi connectivity index (χ0v) is 19.5. The number of nitrogens with one attached hydrogen (secondary N) is 1. The summed E-state index contributed by atoms with van der Waals surface area (Å²) >= 11 is 0. The van der Waals surface area contributed by atoms with E-state index in [1.165, 1.54) is 22.6 Å². The maximum Gasteiger partial charge on any atom is 0.259 e. The van der Waals surface area contributed by atoms with Crippen LogP contribution in [0, 0.1) is 6.92 Å². The summed E-state index contributed by atoms with van der Waals surface area (Å²) in [5.41, 5.74) is 2.18. The van der Waals surface area contributed by atoms with E-state index in [1.807, 2.05) is 37.3 Å². The van der Waals surface area contributed by atoms with Gasteiger partial charge in [-0.05, 0) is 44.2 Å². The van der Waals surface area contributed by atoms with Crippen LogP contribution in [-0.2, 0) is 10.0 Å². The van der Waals surface area contributed by atoms with Gasteiger partial charge in [-0.2, -0.15) is 9.40 Å². The van der Waals surface area contributed by atoms with Crippen molar-refractivity contribution >= 4 is 21.6 Å². The minimum absolute atomic E-state index is 0.0941. The largest absolute Gasteiger partial charge is 0.492 e. The van der Waals surface area contributed by atoms with Gasteiger partial charge in [0.15, 0.2) is 0 Å². The number of nitrogens with zero attached hydrogens (tertiary/aromatic N) is 3. The summed E-state index contributed by atoms with van der Waals surface area (Å²) in [5, 5.41) is 7.14. The van der Waals surface area contributed by atoms with E-state index in [0.29, 0.717) is 36.7 Å². The van der Waals surface area contributed by atoms with Crippen LogP contribution < -0.4 is 10.1 Å². The van der Waals surface area contributed by atoms with Gasteiger partial charge in [-0.3, -0.25) is 4.79 Å². The molecule has 0 unspecified atom stereocenters. The quantitative estimate of drug-likeness (QED) is 0.528. The summed E-state index contributed by atoms with van der Waals surface area (Å²) in [6.45, 7) is 8.27. The van der Waals surface area contributed by atoms with E-state index in [4.69, 9.17) is 4.74 Å². The van der Waals surface area contributed by atoms with Gasteiger partial charge in [-0.1, -0.05) is 32.0 Å². The van der Waals surface area contributed by atoms with Crippen molar-refractivity contribution in [2.24, 2.45) is 0 Å². The Morgan fingerprint density at radius 1 is 1.09 bits per heavy atom. The van der Waals surface area contributed by atoms with E-state index in [-0.39, 0.29) is 10.6 Å². The lowest BCUT2D eigenvalue weighted by molar-refractivity contribution is 0.102. The van der Waals surface area contributed by atoms with Crippen molar-refractivity contribution in [1.29, 1.82) is 0 Å². The van der Waals surface area contributed by atoms with E-state index >= 15 is 0 Å². The first kappa shape index (κ1) is 23.5. The van der Waals surface area contributed by atoms with Gasteiger partial charge in [-0.25, -0.2) is 13.1 Å². The van der Waals surface area contributed by atoms with Gasteiger partial charge >= 0.3 is 0 Å². The molecule has 8 nitrogen and oxygen atoms in total. The number of benzene rings is 2. The number of hydrogen-bond donors (Lipinski definition) is 1. The fourth-order valence-corrected chi connectivity index (χ4v) is 4.90. The summed E-state index contributed by atoms with van der Waals surface area (Å²) in [6, 6.07) is 14.0. The number of para-hydroxylation sites is 1. The monoisotopic (exact) mass is 456 g/mol. The van der Waals surface area contributed by atoms with Crippen LogP contribution in [0.15, 0.2) is 59.6 Å². The van der Waals surface area contributed by atoms with Crippen LogP contribution in [0.3, 0.4) is 0 Å².